The summed E-state index contributed by atoms with van der Waals surface area (Å²) in [6.45, 7) is 7.80. The molecule has 0 saturated heterocycles. The number of nitrogens with one attached hydrogen (secondary N) is 1. The van der Waals surface area contributed by atoms with Crippen molar-refractivity contribution in [3.8, 4) is 0 Å². The molecule has 2 atom stereocenters. The van der Waals surface area contributed by atoms with Gasteiger partial charge in [-0.1, -0.05) is 28.9 Å². The number of halogens is 1. The first-order chi connectivity index (χ1) is 8.95. The number of likely N-dealkylation sites (N-methyl/N-ethyl adjacent to an activating group) is 1. The summed E-state index contributed by atoms with van der Waals surface area (Å²) in [7, 11) is 2.02. The summed E-state index contributed by atoms with van der Waals surface area (Å²) in [6.07, 6.45) is 0.787. The molecule has 2 unspecified atom stereocenters. The van der Waals surface area contributed by atoms with Crippen LogP contribution in [0.1, 0.15) is 38.8 Å². The van der Waals surface area contributed by atoms with E-state index in [0.29, 0.717) is 12.6 Å². The average molecular weight is 329 g/mol. The van der Waals surface area contributed by atoms with Gasteiger partial charge in [0.2, 0.25) is 0 Å². The molecule has 1 aromatic rings. The smallest absolute Gasteiger partial charge is 0.0686 e. The van der Waals surface area contributed by atoms with Crippen molar-refractivity contribution in [2.45, 2.75) is 39.3 Å². The summed E-state index contributed by atoms with van der Waals surface area (Å²) >= 11 is 3.52. The van der Waals surface area contributed by atoms with Gasteiger partial charge in [0.1, 0.15) is 0 Å². The van der Waals surface area contributed by atoms with Gasteiger partial charge in [0.05, 0.1) is 6.10 Å². The van der Waals surface area contributed by atoms with E-state index >= 15 is 0 Å². The molecule has 1 rings (SSSR count). The number of anilines is 1. The molecule has 3 nitrogen and oxygen atoms in total. The van der Waals surface area contributed by atoms with Gasteiger partial charge in [-0.05, 0) is 44.5 Å². The highest BCUT2D eigenvalue weighted by atomic mass is 79.9. The fraction of sp³-hybridized carbons (Fsp3) is 0.600. The van der Waals surface area contributed by atoms with Crippen molar-refractivity contribution in [2.75, 3.05) is 25.0 Å². The molecule has 4 heteroatoms. The molecule has 1 aromatic carbocycles. The van der Waals surface area contributed by atoms with Gasteiger partial charge < -0.3 is 15.3 Å². The lowest BCUT2D eigenvalue weighted by molar-refractivity contribution is 0.201. The number of hydrogen-bond donors (Lipinski definition) is 2. The van der Waals surface area contributed by atoms with Gasteiger partial charge in [0, 0.05) is 29.8 Å². The minimum absolute atomic E-state index is 0.305. The molecule has 0 aromatic heterocycles. The van der Waals surface area contributed by atoms with E-state index in [9.17, 15) is 5.11 Å². The van der Waals surface area contributed by atoms with Crippen LogP contribution in [-0.2, 0) is 0 Å². The molecule has 19 heavy (non-hydrogen) atoms. The third-order valence-corrected chi connectivity index (χ3v) is 3.60. The highest BCUT2D eigenvalue weighted by molar-refractivity contribution is 9.10. The number of aliphatic hydroxyl groups is 1. The fourth-order valence-corrected chi connectivity index (χ4v) is 2.53. The van der Waals surface area contributed by atoms with Crippen molar-refractivity contribution >= 4 is 21.6 Å². The Balaban J connectivity index is 2.96. The lowest BCUT2D eigenvalue weighted by atomic mass is 10.0. The van der Waals surface area contributed by atoms with E-state index in [-0.39, 0.29) is 6.10 Å². The van der Waals surface area contributed by atoms with Gasteiger partial charge >= 0.3 is 0 Å². The third kappa shape index (κ3) is 5.13. The van der Waals surface area contributed by atoms with Crippen molar-refractivity contribution < 1.29 is 5.11 Å². The highest BCUT2D eigenvalue weighted by Crippen LogP contribution is 2.29. The quantitative estimate of drug-likeness (QED) is 0.805. The van der Waals surface area contributed by atoms with Crippen molar-refractivity contribution in [1.29, 1.82) is 0 Å². The van der Waals surface area contributed by atoms with E-state index in [0.717, 1.165) is 23.1 Å². The van der Waals surface area contributed by atoms with E-state index < -0.39 is 0 Å². The minimum atomic E-state index is -0.337. The van der Waals surface area contributed by atoms with Crippen molar-refractivity contribution in [1.82, 2.24) is 5.32 Å². The number of rotatable bonds is 7. The van der Waals surface area contributed by atoms with E-state index in [1.807, 2.05) is 14.0 Å². The zero-order valence-electron chi connectivity index (χ0n) is 12.3. The molecule has 0 saturated carbocycles. The van der Waals surface area contributed by atoms with Crippen molar-refractivity contribution in [2.24, 2.45) is 0 Å². The number of hydrogen-bond acceptors (Lipinski definition) is 3. The molecule has 0 radical (unpaired) electrons. The molecule has 0 fully saturated rings. The molecule has 0 heterocycles. The Labute approximate surface area is 125 Å². The van der Waals surface area contributed by atoms with Crippen LogP contribution in [-0.4, -0.2) is 31.3 Å². The van der Waals surface area contributed by atoms with Gasteiger partial charge in [-0.3, -0.25) is 0 Å². The number of benzene rings is 1. The molecule has 0 aliphatic carbocycles. The number of nitrogens with zero attached hydrogens (tertiary/aromatic N) is 1. The van der Waals surface area contributed by atoms with Crippen LogP contribution in [0.4, 0.5) is 5.69 Å². The second-order valence-corrected chi connectivity index (χ2v) is 6.02. The Morgan fingerprint density at radius 2 is 2.05 bits per heavy atom. The molecule has 0 aliphatic heterocycles. The molecule has 0 spiro atoms. The first-order valence-corrected chi connectivity index (χ1v) is 7.67. The molecule has 108 valence electrons. The Bertz CT molecular complexity index is 396. The largest absolute Gasteiger partial charge is 0.392 e. The maximum Gasteiger partial charge on any atom is 0.0686 e. The van der Waals surface area contributed by atoms with Crippen LogP contribution in [0, 0.1) is 0 Å². The van der Waals surface area contributed by atoms with Crippen LogP contribution in [0.3, 0.4) is 0 Å². The van der Waals surface area contributed by atoms with E-state index in [1.165, 1.54) is 5.56 Å². The molecular weight excluding hydrogens is 304 g/mol. The summed E-state index contributed by atoms with van der Waals surface area (Å²) in [5.41, 5.74) is 2.42. The SMILES string of the molecule is CCCNC(C)c1ccc(Br)cc1N(C)CC(C)O. The second-order valence-electron chi connectivity index (χ2n) is 5.11. The zero-order valence-corrected chi connectivity index (χ0v) is 13.9. The predicted octanol–water partition coefficient (Wildman–Crippen LogP) is 3.33. The normalized spacial score (nSPS) is 14.2. The monoisotopic (exact) mass is 328 g/mol. The topological polar surface area (TPSA) is 35.5 Å². The Morgan fingerprint density at radius 3 is 2.63 bits per heavy atom. The van der Waals surface area contributed by atoms with E-state index in [4.69, 9.17) is 0 Å². The summed E-state index contributed by atoms with van der Waals surface area (Å²) in [4.78, 5) is 2.11. The first kappa shape index (κ1) is 16.5. The lowest BCUT2D eigenvalue weighted by Crippen LogP contribution is -2.29. The van der Waals surface area contributed by atoms with Gasteiger partial charge in [0.25, 0.3) is 0 Å². The van der Waals surface area contributed by atoms with Crippen LogP contribution in [0.2, 0.25) is 0 Å². The van der Waals surface area contributed by atoms with Crippen molar-refractivity contribution in [3.05, 3.63) is 28.2 Å². The Morgan fingerprint density at radius 1 is 1.37 bits per heavy atom. The average Bonchev–Trinajstić information content (AvgIpc) is 2.35. The van der Waals surface area contributed by atoms with Crippen LogP contribution >= 0.6 is 15.9 Å². The third-order valence-electron chi connectivity index (χ3n) is 3.11. The van der Waals surface area contributed by atoms with Gasteiger partial charge in [-0.15, -0.1) is 0 Å². The second kappa shape index (κ2) is 7.88. The summed E-state index contributed by atoms with van der Waals surface area (Å²) < 4.78 is 1.06. The van der Waals surface area contributed by atoms with Crippen LogP contribution in [0.5, 0.6) is 0 Å². The Kier molecular flexibility index (Phi) is 6.83. The first-order valence-electron chi connectivity index (χ1n) is 6.87. The molecule has 2 N–H and O–H groups in total. The Hall–Kier alpha value is -0.580. The van der Waals surface area contributed by atoms with Crippen LogP contribution in [0.15, 0.2) is 22.7 Å². The molecule has 0 amide bonds. The molecular formula is C15H25BrN2O. The summed E-state index contributed by atoms with van der Waals surface area (Å²) in [5.74, 6) is 0. The fourth-order valence-electron chi connectivity index (χ4n) is 2.18. The highest BCUT2D eigenvalue weighted by Gasteiger charge is 2.14. The maximum atomic E-state index is 9.56. The standard InChI is InChI=1S/C15H25BrN2O/c1-5-8-17-12(3)14-7-6-13(16)9-15(14)18(4)10-11(2)19/h6-7,9,11-12,17,19H,5,8,10H2,1-4H3. The molecule has 0 bridgehead atoms. The zero-order chi connectivity index (χ0) is 14.4. The van der Waals surface area contributed by atoms with Gasteiger partial charge in [-0.2, -0.15) is 0 Å². The van der Waals surface area contributed by atoms with Gasteiger partial charge in [-0.25, -0.2) is 0 Å². The maximum absolute atomic E-state index is 9.56. The van der Waals surface area contributed by atoms with Crippen molar-refractivity contribution in [3.63, 3.8) is 0 Å². The minimum Gasteiger partial charge on any atom is -0.392 e. The predicted molar refractivity (Wildman–Crippen MR) is 85.8 cm³/mol. The van der Waals surface area contributed by atoms with Crippen LogP contribution in [0.25, 0.3) is 0 Å². The van der Waals surface area contributed by atoms with E-state index in [1.54, 1.807) is 0 Å². The van der Waals surface area contributed by atoms with E-state index in [2.05, 4.69) is 58.2 Å². The van der Waals surface area contributed by atoms with Gasteiger partial charge in [0.15, 0.2) is 0 Å². The summed E-state index contributed by atoms with van der Waals surface area (Å²) in [5, 5.41) is 13.1. The van der Waals surface area contributed by atoms with Crippen LogP contribution < -0.4 is 10.2 Å². The molecule has 0 aliphatic rings. The summed E-state index contributed by atoms with van der Waals surface area (Å²) in [6, 6.07) is 6.63. The number of aliphatic hydroxyl groups excluding tert-OH is 1. The lowest BCUT2D eigenvalue weighted by Gasteiger charge is -2.27.